The average molecular weight is 209 g/mol. The van der Waals surface area contributed by atoms with Crippen molar-refractivity contribution in [1.29, 1.82) is 0 Å². The molecule has 0 bridgehead atoms. The highest BCUT2D eigenvalue weighted by Crippen LogP contribution is 2.21. The largest absolute Gasteiger partial charge is 0.375 e. The Morgan fingerprint density at radius 2 is 2.27 bits per heavy atom. The molecule has 1 rings (SSSR count). The lowest BCUT2D eigenvalue weighted by atomic mass is 9.90. The van der Waals surface area contributed by atoms with Gasteiger partial charge < -0.3 is 10.1 Å². The van der Waals surface area contributed by atoms with E-state index >= 15 is 0 Å². The summed E-state index contributed by atoms with van der Waals surface area (Å²) in [7, 11) is 1.52. The Balaban J connectivity index is 2.61. The van der Waals surface area contributed by atoms with Crippen LogP contribution in [0, 0.1) is 0 Å². The molecule has 0 unspecified atom stereocenters. The van der Waals surface area contributed by atoms with Crippen LogP contribution in [-0.4, -0.2) is 25.2 Å². The summed E-state index contributed by atoms with van der Waals surface area (Å²) in [4.78, 5) is 11.4. The summed E-state index contributed by atoms with van der Waals surface area (Å²) in [5.74, 6) is -0.0811. The van der Waals surface area contributed by atoms with Gasteiger partial charge in [0.15, 0.2) is 0 Å². The molecule has 1 amide bonds. The molecule has 15 heavy (non-hydrogen) atoms. The van der Waals surface area contributed by atoms with Gasteiger partial charge in [0.2, 0.25) is 5.91 Å². The minimum absolute atomic E-state index is 0.0811. The van der Waals surface area contributed by atoms with E-state index in [4.69, 9.17) is 4.74 Å². The zero-order chi connectivity index (χ0) is 11.3. The molecule has 1 aliphatic carbocycles. The summed E-state index contributed by atoms with van der Waals surface area (Å²) in [5.41, 5.74) is 0.852. The van der Waals surface area contributed by atoms with E-state index in [2.05, 4.69) is 23.5 Å². The number of amides is 1. The quantitative estimate of drug-likeness (QED) is 0.766. The molecular weight excluding hydrogens is 190 g/mol. The summed E-state index contributed by atoms with van der Waals surface area (Å²) in [6, 6.07) is 0. The van der Waals surface area contributed by atoms with Crippen LogP contribution < -0.4 is 5.32 Å². The highest BCUT2D eigenvalue weighted by atomic mass is 16.5. The van der Waals surface area contributed by atoms with Gasteiger partial charge in [-0.3, -0.25) is 4.79 Å². The smallest absolute Gasteiger partial charge is 0.246 e. The number of hydrogen-bond acceptors (Lipinski definition) is 2. The van der Waals surface area contributed by atoms with Crippen LogP contribution in [0.3, 0.4) is 0 Å². The highest BCUT2D eigenvalue weighted by molar-refractivity contribution is 5.78. The van der Waals surface area contributed by atoms with E-state index in [1.165, 1.54) is 12.7 Å². The van der Waals surface area contributed by atoms with Crippen LogP contribution in [0.4, 0.5) is 0 Å². The van der Waals surface area contributed by atoms with Gasteiger partial charge in [-0.25, -0.2) is 0 Å². The van der Waals surface area contributed by atoms with E-state index in [0.29, 0.717) is 0 Å². The number of carbonyl (C=O) groups excluding carboxylic acids is 1. The van der Waals surface area contributed by atoms with Crippen molar-refractivity contribution in [3.05, 3.63) is 23.8 Å². The number of ether oxygens (including phenoxy) is 1. The SMILES string of the molecule is COCC(=O)NC(C)(C)C1=CCCC=C1. The first-order chi connectivity index (χ1) is 7.06. The predicted molar refractivity (Wildman–Crippen MR) is 60.6 cm³/mol. The number of carbonyl (C=O) groups is 1. The van der Waals surface area contributed by atoms with Gasteiger partial charge in [-0.05, 0) is 32.3 Å². The van der Waals surface area contributed by atoms with E-state index in [9.17, 15) is 4.79 Å². The molecule has 0 atom stereocenters. The van der Waals surface area contributed by atoms with Crippen LogP contribution in [0.15, 0.2) is 23.8 Å². The van der Waals surface area contributed by atoms with Gasteiger partial charge in [0, 0.05) is 7.11 Å². The van der Waals surface area contributed by atoms with Crippen LogP contribution in [0.1, 0.15) is 26.7 Å². The van der Waals surface area contributed by atoms with Crippen LogP contribution in [0.5, 0.6) is 0 Å². The van der Waals surface area contributed by atoms with Gasteiger partial charge in [0.25, 0.3) is 0 Å². The average Bonchev–Trinajstić information content (AvgIpc) is 2.18. The lowest BCUT2D eigenvalue weighted by Crippen LogP contribution is -2.46. The van der Waals surface area contributed by atoms with E-state index in [0.717, 1.165) is 12.8 Å². The molecule has 0 aromatic heterocycles. The Morgan fingerprint density at radius 3 is 2.80 bits per heavy atom. The van der Waals surface area contributed by atoms with Crippen molar-refractivity contribution in [2.75, 3.05) is 13.7 Å². The molecule has 0 aromatic carbocycles. The Bertz CT molecular complexity index is 290. The first-order valence-corrected chi connectivity index (χ1v) is 5.23. The molecule has 0 saturated carbocycles. The van der Waals surface area contributed by atoms with Gasteiger partial charge in [-0.2, -0.15) is 0 Å². The Morgan fingerprint density at radius 1 is 1.53 bits per heavy atom. The fraction of sp³-hybridized carbons (Fsp3) is 0.583. The molecular formula is C12H19NO2. The standard InChI is InChI=1S/C12H19NO2/c1-12(2,13-11(14)9-15-3)10-7-5-4-6-8-10/h5,7-8H,4,6,9H2,1-3H3,(H,13,14). The molecule has 0 spiro atoms. The van der Waals surface area contributed by atoms with Crippen LogP contribution >= 0.6 is 0 Å². The lowest BCUT2D eigenvalue weighted by Gasteiger charge is -2.29. The summed E-state index contributed by atoms with van der Waals surface area (Å²) in [5, 5.41) is 2.94. The first kappa shape index (κ1) is 12.0. The zero-order valence-corrected chi connectivity index (χ0v) is 9.67. The molecule has 0 radical (unpaired) electrons. The number of hydrogen-bond donors (Lipinski definition) is 1. The second-order valence-electron chi connectivity index (χ2n) is 4.25. The zero-order valence-electron chi connectivity index (χ0n) is 9.67. The van der Waals surface area contributed by atoms with Gasteiger partial charge in [0.1, 0.15) is 6.61 Å². The number of allylic oxidation sites excluding steroid dienone is 2. The van der Waals surface area contributed by atoms with E-state index in [1.807, 2.05) is 13.8 Å². The van der Waals surface area contributed by atoms with Crippen molar-refractivity contribution in [3.63, 3.8) is 0 Å². The number of nitrogens with one attached hydrogen (secondary N) is 1. The molecule has 1 aliphatic rings. The van der Waals surface area contributed by atoms with Crippen molar-refractivity contribution < 1.29 is 9.53 Å². The van der Waals surface area contributed by atoms with Crippen molar-refractivity contribution >= 4 is 5.91 Å². The van der Waals surface area contributed by atoms with Crippen LogP contribution in [0.25, 0.3) is 0 Å². The molecule has 1 N–H and O–H groups in total. The summed E-state index contributed by atoms with van der Waals surface area (Å²) < 4.78 is 4.79. The Hall–Kier alpha value is -1.09. The maximum absolute atomic E-state index is 11.4. The fourth-order valence-corrected chi connectivity index (χ4v) is 1.66. The first-order valence-electron chi connectivity index (χ1n) is 5.23. The van der Waals surface area contributed by atoms with E-state index in [-0.39, 0.29) is 18.1 Å². The van der Waals surface area contributed by atoms with Crippen molar-refractivity contribution in [1.82, 2.24) is 5.32 Å². The van der Waals surface area contributed by atoms with Gasteiger partial charge in [-0.15, -0.1) is 0 Å². The summed E-state index contributed by atoms with van der Waals surface area (Å²) in [6.45, 7) is 4.12. The maximum Gasteiger partial charge on any atom is 0.246 e. The normalized spacial score (nSPS) is 16.1. The lowest BCUT2D eigenvalue weighted by molar-refractivity contribution is -0.125. The van der Waals surface area contributed by atoms with Crippen LogP contribution in [0.2, 0.25) is 0 Å². The Labute approximate surface area is 91.2 Å². The fourth-order valence-electron chi connectivity index (χ4n) is 1.66. The number of methoxy groups -OCH3 is 1. The van der Waals surface area contributed by atoms with Crippen LogP contribution in [-0.2, 0) is 9.53 Å². The van der Waals surface area contributed by atoms with Crippen molar-refractivity contribution in [2.24, 2.45) is 0 Å². The molecule has 3 nitrogen and oxygen atoms in total. The predicted octanol–water partition coefficient (Wildman–Crippen LogP) is 1.80. The topological polar surface area (TPSA) is 38.3 Å². The van der Waals surface area contributed by atoms with Gasteiger partial charge in [0.05, 0.1) is 5.54 Å². The maximum atomic E-state index is 11.4. The minimum Gasteiger partial charge on any atom is -0.375 e. The van der Waals surface area contributed by atoms with E-state index < -0.39 is 0 Å². The molecule has 0 aromatic rings. The van der Waals surface area contributed by atoms with Gasteiger partial charge in [-0.1, -0.05) is 18.2 Å². The number of rotatable bonds is 4. The summed E-state index contributed by atoms with van der Waals surface area (Å²) in [6.07, 6.45) is 8.53. The third kappa shape index (κ3) is 3.51. The van der Waals surface area contributed by atoms with Crippen molar-refractivity contribution in [2.45, 2.75) is 32.2 Å². The third-order valence-electron chi connectivity index (χ3n) is 2.44. The summed E-state index contributed by atoms with van der Waals surface area (Å²) >= 11 is 0. The highest BCUT2D eigenvalue weighted by Gasteiger charge is 2.23. The Kier molecular flexibility index (Phi) is 4.09. The monoisotopic (exact) mass is 209 g/mol. The second-order valence-corrected chi connectivity index (χ2v) is 4.25. The molecule has 84 valence electrons. The van der Waals surface area contributed by atoms with Gasteiger partial charge >= 0.3 is 0 Å². The molecule has 0 fully saturated rings. The molecule has 3 heteroatoms. The third-order valence-corrected chi connectivity index (χ3v) is 2.44. The molecule has 0 saturated heterocycles. The second kappa shape index (κ2) is 5.12. The molecule has 0 heterocycles. The minimum atomic E-state index is -0.313. The van der Waals surface area contributed by atoms with E-state index in [1.54, 1.807) is 0 Å². The van der Waals surface area contributed by atoms with Crippen molar-refractivity contribution in [3.8, 4) is 0 Å². The molecule has 0 aliphatic heterocycles.